The van der Waals surface area contributed by atoms with Crippen molar-refractivity contribution >= 4 is 6.08 Å². The smallest absolute Gasteiger partial charge is 0.345 e. The molecule has 1 N–H and O–H groups in total. The lowest BCUT2D eigenvalue weighted by Crippen LogP contribution is -2.07. The second-order valence-corrected chi connectivity index (χ2v) is 5.72. The molecular formula is C19H21F2NO3. The summed E-state index contributed by atoms with van der Waals surface area (Å²) >= 11 is 0. The van der Waals surface area contributed by atoms with Gasteiger partial charge in [-0.05, 0) is 55.2 Å². The lowest BCUT2D eigenvalue weighted by atomic mass is 10.0. The van der Waals surface area contributed by atoms with Gasteiger partial charge in [-0.2, -0.15) is 8.78 Å². The van der Waals surface area contributed by atoms with Crippen LogP contribution < -0.4 is 0 Å². The second kappa shape index (κ2) is 8.18. The third-order valence-corrected chi connectivity index (χ3v) is 3.98. The molecule has 1 heterocycles. The van der Waals surface area contributed by atoms with Gasteiger partial charge in [-0.25, -0.2) is 4.98 Å². The first-order valence-corrected chi connectivity index (χ1v) is 7.76. The van der Waals surface area contributed by atoms with Gasteiger partial charge in [0.1, 0.15) is 0 Å². The molecule has 0 amide bonds. The average molecular weight is 349 g/mol. The molecule has 134 valence electrons. The van der Waals surface area contributed by atoms with E-state index >= 15 is 0 Å². The standard InChI is InChI=1S/C19H21F2NO3/c1-11-6-5-7-16(13(11)3)18-22-14(4)17(25-18)8-15(12(2)9-23)10-24-19(20)21/h5-8,19,23H,2,9-10H2,1,3-4H3/b15-8-. The van der Waals surface area contributed by atoms with Crippen LogP contribution in [0.2, 0.25) is 0 Å². The van der Waals surface area contributed by atoms with E-state index in [0.717, 1.165) is 16.7 Å². The SMILES string of the molecule is C=C(CO)/C(=C\c1oc(-c2cccc(C)c2C)nc1C)COC(F)F. The molecule has 0 bridgehead atoms. The molecule has 6 heteroatoms. The van der Waals surface area contributed by atoms with Gasteiger partial charge in [0, 0.05) is 5.56 Å². The fourth-order valence-electron chi connectivity index (χ4n) is 2.30. The van der Waals surface area contributed by atoms with Gasteiger partial charge in [-0.1, -0.05) is 18.7 Å². The van der Waals surface area contributed by atoms with E-state index in [1.165, 1.54) is 6.08 Å². The molecule has 0 fully saturated rings. The molecule has 0 aliphatic carbocycles. The molecule has 0 radical (unpaired) electrons. The number of aromatic nitrogens is 1. The van der Waals surface area contributed by atoms with Crippen molar-refractivity contribution in [3.05, 3.63) is 58.5 Å². The van der Waals surface area contributed by atoms with Crippen molar-refractivity contribution in [3.8, 4) is 11.5 Å². The molecule has 1 aromatic carbocycles. The Hall–Kier alpha value is -2.31. The molecule has 0 unspecified atom stereocenters. The van der Waals surface area contributed by atoms with E-state index in [2.05, 4.69) is 16.3 Å². The zero-order valence-corrected chi connectivity index (χ0v) is 14.5. The van der Waals surface area contributed by atoms with Gasteiger partial charge in [0.05, 0.1) is 18.9 Å². The zero-order valence-electron chi connectivity index (χ0n) is 14.5. The number of nitrogens with zero attached hydrogens (tertiary/aromatic N) is 1. The van der Waals surface area contributed by atoms with Crippen LogP contribution in [0.15, 0.2) is 40.3 Å². The fraction of sp³-hybridized carbons (Fsp3) is 0.316. The largest absolute Gasteiger partial charge is 0.436 e. The first kappa shape index (κ1) is 19.0. The van der Waals surface area contributed by atoms with Crippen molar-refractivity contribution in [3.63, 3.8) is 0 Å². The number of rotatable bonds is 7. The number of aliphatic hydroxyl groups is 1. The minimum absolute atomic E-state index is 0.282. The van der Waals surface area contributed by atoms with Crippen LogP contribution in [0.3, 0.4) is 0 Å². The van der Waals surface area contributed by atoms with Gasteiger partial charge < -0.3 is 14.3 Å². The maximum Gasteiger partial charge on any atom is 0.345 e. The Kier molecular flexibility index (Phi) is 6.22. The predicted octanol–water partition coefficient (Wildman–Crippen LogP) is 4.44. The predicted molar refractivity (Wildman–Crippen MR) is 92.3 cm³/mol. The highest BCUT2D eigenvalue weighted by Crippen LogP contribution is 2.28. The second-order valence-electron chi connectivity index (χ2n) is 5.72. The van der Waals surface area contributed by atoms with Crippen LogP contribution in [-0.2, 0) is 4.74 Å². The summed E-state index contributed by atoms with van der Waals surface area (Å²) in [5.41, 5.74) is 4.26. The summed E-state index contributed by atoms with van der Waals surface area (Å²) < 4.78 is 34.8. The van der Waals surface area contributed by atoms with Crippen molar-refractivity contribution in [2.45, 2.75) is 27.4 Å². The van der Waals surface area contributed by atoms with Crippen LogP contribution >= 0.6 is 0 Å². The van der Waals surface area contributed by atoms with Gasteiger partial charge >= 0.3 is 6.61 Å². The van der Waals surface area contributed by atoms with Crippen molar-refractivity contribution < 1.29 is 23.0 Å². The Labute approximate surface area is 145 Å². The van der Waals surface area contributed by atoms with E-state index in [4.69, 9.17) is 4.42 Å². The summed E-state index contributed by atoms with van der Waals surface area (Å²) in [6, 6.07) is 5.83. The Balaban J connectivity index is 2.40. The van der Waals surface area contributed by atoms with Crippen LogP contribution in [0.5, 0.6) is 0 Å². The summed E-state index contributed by atoms with van der Waals surface area (Å²) in [5.74, 6) is 0.868. The zero-order chi connectivity index (χ0) is 18.6. The molecule has 0 aliphatic rings. The minimum atomic E-state index is -2.91. The van der Waals surface area contributed by atoms with Crippen molar-refractivity contribution in [1.82, 2.24) is 4.98 Å². The van der Waals surface area contributed by atoms with Crippen LogP contribution in [0.4, 0.5) is 8.78 Å². The van der Waals surface area contributed by atoms with Gasteiger partial charge in [0.15, 0.2) is 5.76 Å². The van der Waals surface area contributed by atoms with Gasteiger partial charge in [0.2, 0.25) is 5.89 Å². The Bertz CT molecular complexity index is 794. The number of benzene rings is 1. The third-order valence-electron chi connectivity index (χ3n) is 3.98. The molecule has 4 nitrogen and oxygen atoms in total. The van der Waals surface area contributed by atoms with Gasteiger partial charge in [-0.15, -0.1) is 0 Å². The minimum Gasteiger partial charge on any atom is -0.436 e. The first-order valence-electron chi connectivity index (χ1n) is 7.76. The molecule has 0 atom stereocenters. The fourth-order valence-corrected chi connectivity index (χ4v) is 2.30. The summed E-state index contributed by atoms with van der Waals surface area (Å²) in [4.78, 5) is 4.42. The third kappa shape index (κ3) is 4.61. The van der Waals surface area contributed by atoms with Crippen LogP contribution in [0.1, 0.15) is 22.6 Å². The molecule has 0 aliphatic heterocycles. The number of halogens is 2. The Morgan fingerprint density at radius 3 is 2.72 bits per heavy atom. The van der Waals surface area contributed by atoms with E-state index in [0.29, 0.717) is 22.9 Å². The van der Waals surface area contributed by atoms with Crippen LogP contribution in [-0.4, -0.2) is 29.9 Å². The average Bonchev–Trinajstić information content (AvgIpc) is 2.93. The first-order chi connectivity index (χ1) is 11.8. The highest BCUT2D eigenvalue weighted by molar-refractivity contribution is 5.63. The van der Waals surface area contributed by atoms with E-state index in [1.54, 1.807) is 6.92 Å². The number of oxazole rings is 1. The topological polar surface area (TPSA) is 55.5 Å². The Morgan fingerprint density at radius 1 is 1.36 bits per heavy atom. The van der Waals surface area contributed by atoms with Gasteiger partial charge in [-0.3, -0.25) is 0 Å². The molecule has 2 rings (SSSR count). The molecular weight excluding hydrogens is 328 g/mol. The van der Waals surface area contributed by atoms with Crippen molar-refractivity contribution in [2.24, 2.45) is 0 Å². The molecule has 2 aromatic rings. The van der Waals surface area contributed by atoms with E-state index < -0.39 is 6.61 Å². The number of hydrogen-bond acceptors (Lipinski definition) is 4. The Morgan fingerprint density at radius 2 is 2.08 bits per heavy atom. The number of aliphatic hydroxyl groups excluding tert-OH is 1. The lowest BCUT2D eigenvalue weighted by Gasteiger charge is -2.09. The van der Waals surface area contributed by atoms with E-state index in [9.17, 15) is 13.9 Å². The van der Waals surface area contributed by atoms with Gasteiger partial charge in [0.25, 0.3) is 0 Å². The van der Waals surface area contributed by atoms with E-state index in [1.807, 2.05) is 32.0 Å². The van der Waals surface area contributed by atoms with Crippen molar-refractivity contribution in [2.75, 3.05) is 13.2 Å². The molecule has 0 saturated heterocycles. The monoisotopic (exact) mass is 349 g/mol. The molecule has 1 aromatic heterocycles. The summed E-state index contributed by atoms with van der Waals surface area (Å²) in [5, 5.41) is 9.24. The number of ether oxygens (including phenoxy) is 1. The molecule has 0 saturated carbocycles. The normalized spacial score (nSPS) is 12.0. The molecule has 0 spiro atoms. The number of hydrogen-bond donors (Lipinski definition) is 1. The van der Waals surface area contributed by atoms with Crippen LogP contribution in [0.25, 0.3) is 17.5 Å². The lowest BCUT2D eigenvalue weighted by molar-refractivity contribution is -0.120. The quantitative estimate of drug-likeness (QED) is 0.751. The number of alkyl halides is 2. The van der Waals surface area contributed by atoms with E-state index in [-0.39, 0.29) is 18.8 Å². The van der Waals surface area contributed by atoms with Crippen molar-refractivity contribution in [1.29, 1.82) is 0 Å². The number of aryl methyl sites for hydroxylation is 2. The highest BCUT2D eigenvalue weighted by atomic mass is 19.3. The highest BCUT2D eigenvalue weighted by Gasteiger charge is 2.15. The van der Waals surface area contributed by atoms with Crippen LogP contribution in [0, 0.1) is 20.8 Å². The maximum atomic E-state index is 12.3. The molecule has 25 heavy (non-hydrogen) atoms. The summed E-state index contributed by atoms with van der Waals surface area (Å²) in [7, 11) is 0. The maximum absolute atomic E-state index is 12.3. The summed E-state index contributed by atoms with van der Waals surface area (Å²) in [6.45, 7) is 5.75. The summed E-state index contributed by atoms with van der Waals surface area (Å²) in [6.07, 6.45) is 1.53.